The summed E-state index contributed by atoms with van der Waals surface area (Å²) in [4.78, 5) is 20.0. The van der Waals surface area contributed by atoms with Crippen molar-refractivity contribution in [3.05, 3.63) is 42.2 Å². The van der Waals surface area contributed by atoms with E-state index in [0.717, 1.165) is 61.0 Å². The highest BCUT2D eigenvalue weighted by molar-refractivity contribution is 5.75. The SMILES string of the molecule is CN1c2ccc(-c3cncc(N4CCC[C@@H]4CO)c3)cc2CCC1C=O. The summed E-state index contributed by atoms with van der Waals surface area (Å²) in [7, 11) is 1.99. The summed E-state index contributed by atoms with van der Waals surface area (Å²) in [6.07, 6.45) is 8.75. The van der Waals surface area contributed by atoms with Crippen molar-refractivity contribution in [2.24, 2.45) is 0 Å². The quantitative estimate of drug-likeness (QED) is 0.859. The third kappa shape index (κ3) is 2.97. The number of benzene rings is 1. The Balaban J connectivity index is 1.65. The number of anilines is 2. The maximum Gasteiger partial charge on any atom is 0.142 e. The number of carbonyl (C=O) groups is 1. The molecule has 5 nitrogen and oxygen atoms in total. The fourth-order valence-corrected chi connectivity index (χ4v) is 4.25. The number of pyridine rings is 1. The van der Waals surface area contributed by atoms with Crippen molar-refractivity contribution in [2.75, 3.05) is 30.0 Å². The van der Waals surface area contributed by atoms with Crippen LogP contribution >= 0.6 is 0 Å². The summed E-state index contributed by atoms with van der Waals surface area (Å²) in [6.45, 7) is 1.16. The first-order valence-corrected chi connectivity index (χ1v) is 9.35. The lowest BCUT2D eigenvalue weighted by Crippen LogP contribution is -2.37. The molecule has 2 atom stereocenters. The van der Waals surface area contributed by atoms with Crippen molar-refractivity contribution >= 4 is 17.7 Å². The average Bonchev–Trinajstić information content (AvgIpc) is 3.17. The van der Waals surface area contributed by atoms with Gasteiger partial charge >= 0.3 is 0 Å². The van der Waals surface area contributed by atoms with E-state index >= 15 is 0 Å². The number of carbonyl (C=O) groups excluding carboxylic acids is 1. The average molecular weight is 351 g/mol. The van der Waals surface area contributed by atoms with Crippen LogP contribution in [0.2, 0.25) is 0 Å². The van der Waals surface area contributed by atoms with Crippen molar-refractivity contribution in [3.63, 3.8) is 0 Å². The molecule has 1 fully saturated rings. The minimum Gasteiger partial charge on any atom is -0.394 e. The lowest BCUT2D eigenvalue weighted by atomic mass is 9.93. The van der Waals surface area contributed by atoms with Crippen LogP contribution in [0.3, 0.4) is 0 Å². The molecule has 3 heterocycles. The van der Waals surface area contributed by atoms with Crippen LogP contribution in [0.15, 0.2) is 36.7 Å². The Morgan fingerprint density at radius 1 is 1.23 bits per heavy atom. The predicted octanol–water partition coefficient (Wildman–Crippen LogP) is 2.66. The van der Waals surface area contributed by atoms with Crippen LogP contribution in [0.25, 0.3) is 11.1 Å². The zero-order valence-electron chi connectivity index (χ0n) is 15.1. The van der Waals surface area contributed by atoms with Gasteiger partial charge in [-0.05, 0) is 55.0 Å². The molecule has 0 bridgehead atoms. The van der Waals surface area contributed by atoms with Gasteiger partial charge in [-0.3, -0.25) is 4.98 Å². The second-order valence-corrected chi connectivity index (χ2v) is 7.30. The number of aromatic nitrogens is 1. The van der Waals surface area contributed by atoms with E-state index in [9.17, 15) is 9.90 Å². The van der Waals surface area contributed by atoms with Crippen molar-refractivity contribution in [1.82, 2.24) is 4.98 Å². The van der Waals surface area contributed by atoms with E-state index in [1.54, 1.807) is 0 Å². The van der Waals surface area contributed by atoms with Gasteiger partial charge in [0.1, 0.15) is 6.29 Å². The largest absolute Gasteiger partial charge is 0.394 e. The Hall–Kier alpha value is -2.40. The number of aliphatic hydroxyl groups is 1. The first kappa shape index (κ1) is 17.0. The molecule has 2 aliphatic rings. The van der Waals surface area contributed by atoms with Crippen LogP contribution in [-0.4, -0.2) is 48.7 Å². The molecule has 1 saturated heterocycles. The van der Waals surface area contributed by atoms with Gasteiger partial charge < -0.3 is 19.7 Å². The predicted molar refractivity (Wildman–Crippen MR) is 104 cm³/mol. The highest BCUT2D eigenvalue weighted by Crippen LogP contribution is 2.34. The number of hydrogen-bond acceptors (Lipinski definition) is 5. The number of likely N-dealkylation sites (N-methyl/N-ethyl adjacent to an activating group) is 1. The second kappa shape index (κ2) is 7.08. The Bertz CT molecular complexity index is 808. The summed E-state index contributed by atoms with van der Waals surface area (Å²) in [5, 5.41) is 9.59. The summed E-state index contributed by atoms with van der Waals surface area (Å²) >= 11 is 0. The summed E-state index contributed by atoms with van der Waals surface area (Å²) in [5.41, 5.74) is 5.74. The van der Waals surface area contributed by atoms with Crippen molar-refractivity contribution < 1.29 is 9.90 Å². The maximum absolute atomic E-state index is 11.2. The van der Waals surface area contributed by atoms with Gasteiger partial charge in [0.25, 0.3) is 0 Å². The van der Waals surface area contributed by atoms with Gasteiger partial charge in [-0.25, -0.2) is 0 Å². The van der Waals surface area contributed by atoms with Gasteiger partial charge in [0.15, 0.2) is 0 Å². The molecule has 0 aliphatic carbocycles. The normalized spacial score (nSPS) is 22.4. The van der Waals surface area contributed by atoms with Gasteiger partial charge in [-0.2, -0.15) is 0 Å². The summed E-state index contributed by atoms with van der Waals surface area (Å²) < 4.78 is 0. The van der Waals surface area contributed by atoms with Gasteiger partial charge in [-0.15, -0.1) is 0 Å². The van der Waals surface area contributed by atoms with Crippen LogP contribution in [0.1, 0.15) is 24.8 Å². The monoisotopic (exact) mass is 351 g/mol. The fourth-order valence-electron chi connectivity index (χ4n) is 4.25. The number of aryl methyl sites for hydroxylation is 1. The second-order valence-electron chi connectivity index (χ2n) is 7.30. The number of hydrogen-bond donors (Lipinski definition) is 1. The lowest BCUT2D eigenvalue weighted by Gasteiger charge is -2.33. The molecule has 0 spiro atoms. The molecule has 136 valence electrons. The maximum atomic E-state index is 11.2. The molecule has 26 heavy (non-hydrogen) atoms. The summed E-state index contributed by atoms with van der Waals surface area (Å²) in [6, 6.07) is 8.79. The minimum absolute atomic E-state index is 0.0241. The summed E-state index contributed by atoms with van der Waals surface area (Å²) in [5.74, 6) is 0. The zero-order chi connectivity index (χ0) is 18.1. The zero-order valence-corrected chi connectivity index (χ0v) is 15.1. The smallest absolute Gasteiger partial charge is 0.142 e. The number of aldehydes is 1. The molecular weight excluding hydrogens is 326 g/mol. The third-order valence-electron chi connectivity index (χ3n) is 5.80. The van der Waals surface area contributed by atoms with Crippen LogP contribution in [0, 0.1) is 0 Å². The Morgan fingerprint density at radius 2 is 2.12 bits per heavy atom. The van der Waals surface area contributed by atoms with E-state index in [4.69, 9.17) is 0 Å². The molecule has 0 amide bonds. The number of fused-ring (bicyclic) bond motifs is 1. The van der Waals surface area contributed by atoms with Gasteiger partial charge in [0, 0.05) is 31.0 Å². The molecule has 2 aliphatic heterocycles. The molecule has 2 aromatic rings. The van der Waals surface area contributed by atoms with E-state index in [0.29, 0.717) is 0 Å². The molecular formula is C21H25N3O2. The standard InChI is InChI=1S/C21H25N3O2/c1-23-18(13-25)6-4-16-9-15(5-7-21(16)23)17-10-20(12-22-11-17)24-8-2-3-19(24)14-26/h5,7,9-13,18-19,26H,2-4,6,8,14H2,1H3/t18?,19-/m1/s1. The molecule has 4 rings (SSSR count). The fraction of sp³-hybridized carbons (Fsp3) is 0.429. The highest BCUT2D eigenvalue weighted by Gasteiger charge is 2.25. The van der Waals surface area contributed by atoms with Crippen molar-refractivity contribution in [3.8, 4) is 11.1 Å². The van der Waals surface area contributed by atoms with E-state index in [1.165, 1.54) is 5.56 Å². The number of nitrogens with zero attached hydrogens (tertiary/aromatic N) is 3. The Morgan fingerprint density at radius 3 is 2.92 bits per heavy atom. The van der Waals surface area contributed by atoms with E-state index in [1.807, 2.05) is 19.4 Å². The van der Waals surface area contributed by atoms with Gasteiger partial charge in [0.05, 0.1) is 30.6 Å². The van der Waals surface area contributed by atoms with E-state index < -0.39 is 0 Å². The molecule has 1 aromatic heterocycles. The first-order chi connectivity index (χ1) is 12.7. The number of aliphatic hydroxyl groups excluding tert-OH is 1. The molecule has 5 heteroatoms. The van der Waals surface area contributed by atoms with Crippen LogP contribution in [0.4, 0.5) is 11.4 Å². The Labute approximate surface area is 154 Å². The van der Waals surface area contributed by atoms with Crippen LogP contribution in [-0.2, 0) is 11.2 Å². The van der Waals surface area contributed by atoms with Crippen molar-refractivity contribution in [2.45, 2.75) is 37.8 Å². The Kier molecular flexibility index (Phi) is 4.64. The topological polar surface area (TPSA) is 56.7 Å². The minimum atomic E-state index is -0.0241. The lowest BCUT2D eigenvalue weighted by molar-refractivity contribution is -0.109. The van der Waals surface area contributed by atoms with E-state index in [2.05, 4.69) is 39.0 Å². The first-order valence-electron chi connectivity index (χ1n) is 9.35. The molecule has 1 N–H and O–H groups in total. The van der Waals surface area contributed by atoms with Crippen LogP contribution < -0.4 is 9.80 Å². The molecule has 1 unspecified atom stereocenters. The number of rotatable bonds is 4. The molecule has 0 radical (unpaired) electrons. The highest BCUT2D eigenvalue weighted by atomic mass is 16.3. The van der Waals surface area contributed by atoms with Crippen LogP contribution in [0.5, 0.6) is 0 Å². The third-order valence-corrected chi connectivity index (χ3v) is 5.80. The molecule has 1 aromatic carbocycles. The van der Waals surface area contributed by atoms with Gasteiger partial charge in [0.2, 0.25) is 0 Å². The van der Waals surface area contributed by atoms with Crippen molar-refractivity contribution in [1.29, 1.82) is 0 Å². The van der Waals surface area contributed by atoms with Gasteiger partial charge in [-0.1, -0.05) is 6.07 Å². The van der Waals surface area contributed by atoms with E-state index in [-0.39, 0.29) is 18.7 Å². The molecule has 0 saturated carbocycles.